The summed E-state index contributed by atoms with van der Waals surface area (Å²) in [6.45, 7) is 2.12. The van der Waals surface area contributed by atoms with Gasteiger partial charge in [-0.25, -0.2) is 4.79 Å². The molecule has 0 aliphatic heterocycles. The number of aliphatic carboxylic acids is 1. The van der Waals surface area contributed by atoms with E-state index >= 15 is 0 Å². The van der Waals surface area contributed by atoms with E-state index < -0.39 is 11.9 Å². The highest BCUT2D eigenvalue weighted by atomic mass is 35.5. The van der Waals surface area contributed by atoms with Gasteiger partial charge >= 0.3 is 12.0 Å². The fourth-order valence-corrected chi connectivity index (χ4v) is 2.00. The molecule has 0 spiro atoms. The minimum absolute atomic E-state index is 0.168. The standard InChI is InChI=1S/C14H19ClN2O3/c1-10(13(18)19)8-16(2)14(20)17(3)9-11-6-4-5-7-12(11)15/h4-7,10H,8-9H2,1-3H3,(H,18,19). The summed E-state index contributed by atoms with van der Waals surface area (Å²) in [7, 11) is 3.25. The SMILES string of the molecule is CC(CN(C)C(=O)N(C)Cc1ccccc1Cl)C(=O)O. The van der Waals surface area contributed by atoms with Crippen LogP contribution in [0, 0.1) is 5.92 Å². The average Bonchev–Trinajstić information content (AvgIpc) is 2.40. The molecule has 0 fully saturated rings. The lowest BCUT2D eigenvalue weighted by Crippen LogP contribution is -2.41. The Morgan fingerprint density at radius 3 is 2.40 bits per heavy atom. The second kappa shape index (κ2) is 7.14. The molecule has 0 radical (unpaired) electrons. The van der Waals surface area contributed by atoms with Crippen molar-refractivity contribution in [3.8, 4) is 0 Å². The van der Waals surface area contributed by atoms with E-state index in [9.17, 15) is 9.59 Å². The Hall–Kier alpha value is -1.75. The Bertz CT molecular complexity index is 493. The number of benzene rings is 1. The first-order chi connectivity index (χ1) is 9.32. The lowest BCUT2D eigenvalue weighted by Gasteiger charge is -2.26. The van der Waals surface area contributed by atoms with Crippen molar-refractivity contribution in [2.24, 2.45) is 5.92 Å². The molecule has 0 saturated heterocycles. The number of halogens is 1. The molecule has 1 atom stereocenters. The van der Waals surface area contributed by atoms with E-state index in [0.717, 1.165) is 5.56 Å². The zero-order valence-electron chi connectivity index (χ0n) is 11.8. The highest BCUT2D eigenvalue weighted by Gasteiger charge is 2.20. The van der Waals surface area contributed by atoms with Crippen molar-refractivity contribution in [1.82, 2.24) is 9.80 Å². The van der Waals surface area contributed by atoms with Gasteiger partial charge in [-0.15, -0.1) is 0 Å². The van der Waals surface area contributed by atoms with Gasteiger partial charge in [-0.2, -0.15) is 0 Å². The smallest absolute Gasteiger partial charge is 0.319 e. The zero-order valence-corrected chi connectivity index (χ0v) is 12.6. The van der Waals surface area contributed by atoms with E-state index in [1.54, 1.807) is 27.1 Å². The number of carboxylic acid groups (broad SMARTS) is 1. The highest BCUT2D eigenvalue weighted by molar-refractivity contribution is 6.31. The molecule has 1 aromatic rings. The maximum atomic E-state index is 12.1. The molecule has 0 bridgehead atoms. The molecule has 0 saturated carbocycles. The molecule has 0 aromatic heterocycles. The molecular weight excluding hydrogens is 280 g/mol. The van der Waals surface area contributed by atoms with Crippen LogP contribution in [0.4, 0.5) is 4.79 Å². The number of carbonyl (C=O) groups excluding carboxylic acids is 1. The number of carboxylic acids is 1. The number of nitrogens with zero attached hydrogens (tertiary/aromatic N) is 2. The molecule has 110 valence electrons. The summed E-state index contributed by atoms with van der Waals surface area (Å²) in [5, 5.41) is 9.46. The predicted molar refractivity (Wildman–Crippen MR) is 77.7 cm³/mol. The van der Waals surface area contributed by atoms with Gasteiger partial charge in [0, 0.05) is 32.2 Å². The molecule has 6 heteroatoms. The quantitative estimate of drug-likeness (QED) is 0.909. The van der Waals surface area contributed by atoms with Gasteiger partial charge in [0.05, 0.1) is 5.92 Å². The number of hydrogen-bond donors (Lipinski definition) is 1. The van der Waals surface area contributed by atoms with Crippen LogP contribution in [0.2, 0.25) is 5.02 Å². The largest absolute Gasteiger partial charge is 0.481 e. The van der Waals surface area contributed by atoms with E-state index in [1.807, 2.05) is 18.2 Å². The van der Waals surface area contributed by atoms with Gasteiger partial charge < -0.3 is 14.9 Å². The van der Waals surface area contributed by atoms with Crippen molar-refractivity contribution in [3.05, 3.63) is 34.9 Å². The van der Waals surface area contributed by atoms with Gasteiger partial charge in [-0.05, 0) is 11.6 Å². The maximum absolute atomic E-state index is 12.1. The average molecular weight is 299 g/mol. The van der Waals surface area contributed by atoms with Gasteiger partial charge in [-0.1, -0.05) is 36.7 Å². The van der Waals surface area contributed by atoms with E-state index in [1.165, 1.54) is 9.80 Å². The Morgan fingerprint density at radius 2 is 1.85 bits per heavy atom. The van der Waals surface area contributed by atoms with Gasteiger partial charge in [-0.3, -0.25) is 4.79 Å². The van der Waals surface area contributed by atoms with Gasteiger partial charge in [0.2, 0.25) is 0 Å². The molecular formula is C14H19ClN2O3. The molecule has 2 amide bonds. The third-order valence-corrected chi connectivity index (χ3v) is 3.36. The minimum atomic E-state index is -0.918. The van der Waals surface area contributed by atoms with E-state index in [0.29, 0.717) is 11.6 Å². The summed E-state index contributed by atoms with van der Waals surface area (Å²) < 4.78 is 0. The van der Waals surface area contributed by atoms with Crippen LogP contribution in [-0.4, -0.2) is 47.5 Å². The normalized spacial score (nSPS) is 11.8. The summed E-state index contributed by atoms with van der Waals surface area (Å²) in [6.07, 6.45) is 0. The van der Waals surface area contributed by atoms with E-state index in [-0.39, 0.29) is 12.6 Å². The molecule has 1 rings (SSSR count). The predicted octanol–water partition coefficient (Wildman–Crippen LogP) is 2.54. The topological polar surface area (TPSA) is 60.9 Å². The van der Waals surface area contributed by atoms with Crippen molar-refractivity contribution in [2.45, 2.75) is 13.5 Å². The van der Waals surface area contributed by atoms with Crippen LogP contribution in [0.5, 0.6) is 0 Å². The first kappa shape index (κ1) is 16.3. The minimum Gasteiger partial charge on any atom is -0.481 e. The van der Waals surface area contributed by atoms with Crippen molar-refractivity contribution < 1.29 is 14.7 Å². The van der Waals surface area contributed by atoms with Crippen LogP contribution < -0.4 is 0 Å². The van der Waals surface area contributed by atoms with Gasteiger partial charge in [0.25, 0.3) is 0 Å². The molecule has 5 nitrogen and oxygen atoms in total. The fourth-order valence-electron chi connectivity index (χ4n) is 1.81. The highest BCUT2D eigenvalue weighted by Crippen LogP contribution is 2.17. The van der Waals surface area contributed by atoms with Crippen LogP contribution in [0.15, 0.2) is 24.3 Å². The third kappa shape index (κ3) is 4.42. The summed E-state index contributed by atoms with van der Waals surface area (Å²) in [5.74, 6) is -1.52. The summed E-state index contributed by atoms with van der Waals surface area (Å²) >= 11 is 6.05. The fraction of sp³-hybridized carbons (Fsp3) is 0.429. The Morgan fingerprint density at radius 1 is 1.25 bits per heavy atom. The van der Waals surface area contributed by atoms with Gasteiger partial charge in [0.15, 0.2) is 0 Å². The number of carbonyl (C=O) groups is 2. The maximum Gasteiger partial charge on any atom is 0.319 e. The number of urea groups is 1. The second-order valence-corrected chi connectivity index (χ2v) is 5.26. The van der Waals surface area contributed by atoms with Crippen LogP contribution in [0.3, 0.4) is 0 Å². The van der Waals surface area contributed by atoms with Crippen LogP contribution in [0.25, 0.3) is 0 Å². The summed E-state index contributed by atoms with van der Waals surface area (Å²) in [5.41, 5.74) is 0.852. The molecule has 1 unspecified atom stereocenters. The summed E-state index contributed by atoms with van der Waals surface area (Å²) in [6, 6.07) is 7.07. The van der Waals surface area contributed by atoms with Crippen molar-refractivity contribution in [3.63, 3.8) is 0 Å². The van der Waals surface area contributed by atoms with E-state index in [2.05, 4.69) is 0 Å². The van der Waals surface area contributed by atoms with E-state index in [4.69, 9.17) is 16.7 Å². The Labute approximate surface area is 123 Å². The lowest BCUT2D eigenvalue weighted by atomic mass is 10.2. The molecule has 0 heterocycles. The Balaban J connectivity index is 2.63. The lowest BCUT2D eigenvalue weighted by molar-refractivity contribution is -0.141. The first-order valence-corrected chi connectivity index (χ1v) is 6.63. The van der Waals surface area contributed by atoms with Crippen molar-refractivity contribution in [1.29, 1.82) is 0 Å². The molecule has 0 aliphatic carbocycles. The number of rotatable bonds is 5. The van der Waals surface area contributed by atoms with Crippen LogP contribution in [-0.2, 0) is 11.3 Å². The molecule has 1 N–H and O–H groups in total. The third-order valence-electron chi connectivity index (χ3n) is 2.99. The second-order valence-electron chi connectivity index (χ2n) is 4.85. The molecule has 1 aromatic carbocycles. The summed E-state index contributed by atoms with van der Waals surface area (Å²) in [4.78, 5) is 25.8. The molecule has 0 aliphatic rings. The first-order valence-electron chi connectivity index (χ1n) is 6.25. The van der Waals surface area contributed by atoms with Gasteiger partial charge in [0.1, 0.15) is 0 Å². The van der Waals surface area contributed by atoms with Crippen LogP contribution in [0.1, 0.15) is 12.5 Å². The molecule has 20 heavy (non-hydrogen) atoms. The number of hydrogen-bond acceptors (Lipinski definition) is 2. The van der Waals surface area contributed by atoms with Crippen molar-refractivity contribution in [2.75, 3.05) is 20.6 Å². The number of amides is 2. The Kier molecular flexibility index (Phi) is 5.82. The van der Waals surface area contributed by atoms with Crippen LogP contribution >= 0.6 is 11.6 Å². The van der Waals surface area contributed by atoms with Crippen molar-refractivity contribution >= 4 is 23.6 Å². The zero-order chi connectivity index (χ0) is 15.3. The monoisotopic (exact) mass is 298 g/mol.